The van der Waals surface area contributed by atoms with Crippen LogP contribution in [0, 0.1) is 5.82 Å². The Morgan fingerprint density at radius 1 is 1.26 bits per heavy atom. The molecule has 1 aromatic carbocycles. The molecule has 0 fully saturated rings. The van der Waals surface area contributed by atoms with Gasteiger partial charge in [0.05, 0.1) is 16.8 Å². The van der Waals surface area contributed by atoms with Crippen LogP contribution in [-0.4, -0.2) is 11.5 Å². The van der Waals surface area contributed by atoms with Gasteiger partial charge in [-0.15, -0.1) is 0 Å². The molecule has 0 amide bonds. The van der Waals surface area contributed by atoms with Gasteiger partial charge in [-0.05, 0) is 31.2 Å². The number of aromatic nitrogens is 1. The van der Waals surface area contributed by atoms with Crippen LogP contribution in [-0.2, 0) is 0 Å². The van der Waals surface area contributed by atoms with Crippen molar-refractivity contribution >= 4 is 11.6 Å². The average Bonchev–Trinajstić information content (AvgIpc) is 2.42. The summed E-state index contributed by atoms with van der Waals surface area (Å²) in [7, 11) is 0. The highest BCUT2D eigenvalue weighted by atomic mass is 35.5. The summed E-state index contributed by atoms with van der Waals surface area (Å²) < 4.78 is 14.0. The summed E-state index contributed by atoms with van der Waals surface area (Å²) >= 11 is 6.18. The molecule has 0 saturated carbocycles. The van der Waals surface area contributed by atoms with Gasteiger partial charge in [0.25, 0.3) is 0 Å². The van der Waals surface area contributed by atoms with Crippen molar-refractivity contribution in [3.05, 3.63) is 64.7 Å². The van der Waals surface area contributed by atoms with Gasteiger partial charge in [-0.25, -0.2) is 4.39 Å². The van der Waals surface area contributed by atoms with E-state index < -0.39 is 0 Å². The molecule has 1 N–H and O–H groups in total. The molecule has 2 nitrogen and oxygen atoms in total. The largest absolute Gasteiger partial charge is 0.305 e. The second kappa shape index (κ2) is 6.64. The van der Waals surface area contributed by atoms with Crippen LogP contribution in [0.25, 0.3) is 0 Å². The quantitative estimate of drug-likeness (QED) is 0.895. The SMILES string of the molecule is CCCNC(c1ccccc1F)c1ncccc1Cl. The Kier molecular flexibility index (Phi) is 4.88. The third kappa shape index (κ3) is 3.31. The van der Waals surface area contributed by atoms with E-state index in [0.29, 0.717) is 16.3 Å². The van der Waals surface area contributed by atoms with Gasteiger partial charge in [-0.1, -0.05) is 36.7 Å². The Labute approximate surface area is 117 Å². The van der Waals surface area contributed by atoms with E-state index in [-0.39, 0.29) is 11.9 Å². The summed E-state index contributed by atoms with van der Waals surface area (Å²) in [6.45, 7) is 2.83. The fourth-order valence-electron chi connectivity index (χ4n) is 1.96. The Hall–Kier alpha value is -1.45. The molecule has 19 heavy (non-hydrogen) atoms. The molecule has 4 heteroatoms. The van der Waals surface area contributed by atoms with Crippen molar-refractivity contribution in [2.24, 2.45) is 0 Å². The van der Waals surface area contributed by atoms with E-state index >= 15 is 0 Å². The van der Waals surface area contributed by atoms with Crippen molar-refractivity contribution in [3.63, 3.8) is 0 Å². The van der Waals surface area contributed by atoms with E-state index in [1.54, 1.807) is 30.5 Å². The first-order valence-corrected chi connectivity index (χ1v) is 6.70. The van der Waals surface area contributed by atoms with E-state index in [4.69, 9.17) is 11.6 Å². The highest BCUT2D eigenvalue weighted by Crippen LogP contribution is 2.27. The van der Waals surface area contributed by atoms with Crippen LogP contribution >= 0.6 is 11.6 Å². The molecule has 1 atom stereocenters. The molecule has 100 valence electrons. The molecule has 0 bridgehead atoms. The van der Waals surface area contributed by atoms with Gasteiger partial charge in [0.1, 0.15) is 5.82 Å². The first-order valence-electron chi connectivity index (χ1n) is 6.32. The summed E-state index contributed by atoms with van der Waals surface area (Å²) in [5.74, 6) is -0.252. The number of pyridine rings is 1. The highest BCUT2D eigenvalue weighted by molar-refractivity contribution is 6.31. The zero-order valence-electron chi connectivity index (χ0n) is 10.7. The summed E-state index contributed by atoms with van der Waals surface area (Å²) in [6, 6.07) is 9.91. The maximum atomic E-state index is 14.0. The van der Waals surface area contributed by atoms with Crippen molar-refractivity contribution in [2.45, 2.75) is 19.4 Å². The highest BCUT2D eigenvalue weighted by Gasteiger charge is 2.20. The third-order valence-corrected chi connectivity index (χ3v) is 3.19. The van der Waals surface area contributed by atoms with E-state index in [0.717, 1.165) is 13.0 Å². The summed E-state index contributed by atoms with van der Waals surface area (Å²) in [6.07, 6.45) is 2.62. The number of hydrogen-bond donors (Lipinski definition) is 1. The second-order valence-electron chi connectivity index (χ2n) is 4.28. The molecule has 0 aliphatic heterocycles. The minimum Gasteiger partial charge on any atom is -0.305 e. The lowest BCUT2D eigenvalue weighted by atomic mass is 10.0. The smallest absolute Gasteiger partial charge is 0.128 e. The Bertz CT molecular complexity index is 500. The maximum absolute atomic E-state index is 14.0. The first-order chi connectivity index (χ1) is 9.24. The number of nitrogens with one attached hydrogen (secondary N) is 1. The molecule has 2 rings (SSSR count). The lowest BCUT2D eigenvalue weighted by Gasteiger charge is -2.20. The van der Waals surface area contributed by atoms with Gasteiger partial charge >= 0.3 is 0 Å². The molecular weight excluding hydrogens is 263 g/mol. The standard InChI is InChI=1S/C15H16ClFN2/c1-2-9-18-14(11-6-3-4-8-13(11)17)15-12(16)7-5-10-19-15/h3-8,10,14,18H,2,9H2,1H3. The third-order valence-electron chi connectivity index (χ3n) is 2.88. The molecule has 2 aromatic rings. The monoisotopic (exact) mass is 278 g/mol. The lowest BCUT2D eigenvalue weighted by molar-refractivity contribution is 0.539. The molecule has 1 heterocycles. The Balaban J connectivity index is 2.42. The van der Waals surface area contributed by atoms with Crippen molar-refractivity contribution < 1.29 is 4.39 Å². The molecule has 0 radical (unpaired) electrons. The predicted molar refractivity (Wildman–Crippen MR) is 75.8 cm³/mol. The average molecular weight is 279 g/mol. The molecule has 1 aromatic heterocycles. The van der Waals surface area contributed by atoms with Crippen LogP contribution in [0.4, 0.5) is 4.39 Å². The van der Waals surface area contributed by atoms with Crippen LogP contribution in [0.5, 0.6) is 0 Å². The molecule has 0 spiro atoms. The van der Waals surface area contributed by atoms with Crippen LogP contribution in [0.15, 0.2) is 42.6 Å². The molecule has 1 unspecified atom stereocenters. The molecule has 0 aliphatic carbocycles. The minimum absolute atomic E-state index is 0.252. The predicted octanol–water partition coefficient (Wildman–Crippen LogP) is 3.96. The Morgan fingerprint density at radius 2 is 2.05 bits per heavy atom. The van der Waals surface area contributed by atoms with Crippen molar-refractivity contribution in [1.82, 2.24) is 10.3 Å². The molecule has 0 aliphatic rings. The van der Waals surface area contributed by atoms with Gasteiger partial charge in [-0.2, -0.15) is 0 Å². The van der Waals surface area contributed by atoms with Gasteiger partial charge < -0.3 is 5.32 Å². The fraction of sp³-hybridized carbons (Fsp3) is 0.267. The zero-order chi connectivity index (χ0) is 13.7. The van der Waals surface area contributed by atoms with Crippen LogP contribution < -0.4 is 5.32 Å². The zero-order valence-corrected chi connectivity index (χ0v) is 11.5. The summed E-state index contributed by atoms with van der Waals surface area (Å²) in [4.78, 5) is 4.29. The number of hydrogen-bond acceptors (Lipinski definition) is 2. The molecular formula is C15H16ClFN2. The van der Waals surface area contributed by atoms with Crippen LogP contribution in [0.3, 0.4) is 0 Å². The van der Waals surface area contributed by atoms with Crippen molar-refractivity contribution in [2.75, 3.05) is 6.54 Å². The summed E-state index contributed by atoms with van der Waals surface area (Å²) in [5, 5.41) is 3.84. The van der Waals surface area contributed by atoms with E-state index in [2.05, 4.69) is 17.2 Å². The first kappa shape index (κ1) is 14.0. The molecule has 0 saturated heterocycles. The van der Waals surface area contributed by atoms with Gasteiger partial charge in [-0.3, -0.25) is 4.98 Å². The fourth-order valence-corrected chi connectivity index (χ4v) is 2.19. The van der Waals surface area contributed by atoms with Crippen LogP contribution in [0.2, 0.25) is 5.02 Å². The number of halogens is 2. The van der Waals surface area contributed by atoms with Gasteiger partial charge in [0.15, 0.2) is 0 Å². The topological polar surface area (TPSA) is 24.9 Å². The van der Waals surface area contributed by atoms with Gasteiger partial charge in [0.2, 0.25) is 0 Å². The van der Waals surface area contributed by atoms with Crippen LogP contribution in [0.1, 0.15) is 30.6 Å². The summed E-state index contributed by atoms with van der Waals surface area (Å²) in [5.41, 5.74) is 1.22. The minimum atomic E-state index is -0.324. The van der Waals surface area contributed by atoms with E-state index in [9.17, 15) is 4.39 Å². The number of benzene rings is 1. The number of nitrogens with zero attached hydrogens (tertiary/aromatic N) is 1. The van der Waals surface area contributed by atoms with Crippen molar-refractivity contribution in [1.29, 1.82) is 0 Å². The van der Waals surface area contributed by atoms with E-state index in [1.807, 2.05) is 6.07 Å². The second-order valence-corrected chi connectivity index (χ2v) is 4.69. The van der Waals surface area contributed by atoms with E-state index in [1.165, 1.54) is 6.07 Å². The Morgan fingerprint density at radius 3 is 2.74 bits per heavy atom. The van der Waals surface area contributed by atoms with Gasteiger partial charge in [0, 0.05) is 11.8 Å². The van der Waals surface area contributed by atoms with Crippen molar-refractivity contribution in [3.8, 4) is 0 Å². The maximum Gasteiger partial charge on any atom is 0.128 e. The normalized spacial score (nSPS) is 12.4. The lowest BCUT2D eigenvalue weighted by Crippen LogP contribution is -2.25. The number of rotatable bonds is 5.